The molecule has 3 heteroatoms. The number of rotatable bonds is 4. The Labute approximate surface area is 98.2 Å². The Balaban J connectivity index is 0.00000196. The quantitative estimate of drug-likeness (QED) is 0.862. The molecule has 0 fully saturated rings. The molecular weight excluding hydrogens is 210 g/mol. The van der Waals surface area contributed by atoms with Crippen molar-refractivity contribution in [2.24, 2.45) is 5.73 Å². The predicted molar refractivity (Wildman–Crippen MR) is 67.1 cm³/mol. The van der Waals surface area contributed by atoms with Gasteiger partial charge in [-0.1, -0.05) is 19.9 Å². The molecule has 0 radical (unpaired) electrons. The molecule has 0 spiro atoms. The highest BCUT2D eigenvalue weighted by Gasteiger charge is 2.04. The molecule has 2 nitrogen and oxygen atoms in total. The van der Waals surface area contributed by atoms with Crippen molar-refractivity contribution in [2.45, 2.75) is 26.7 Å². The van der Waals surface area contributed by atoms with Gasteiger partial charge in [-0.25, -0.2) is 0 Å². The normalized spacial score (nSPS) is 9.93. The molecule has 0 aliphatic rings. The lowest BCUT2D eigenvalue weighted by Gasteiger charge is -2.11. The van der Waals surface area contributed by atoms with Crippen LogP contribution >= 0.6 is 12.4 Å². The van der Waals surface area contributed by atoms with E-state index < -0.39 is 0 Å². The standard InChI is InChI=1S/C12H19NO.ClH/c1-9(2)12-5-4-11(8-10(12)3)14-7-6-13;/h4-5,8-9H,6-7,13H2,1-3H3;1H. The van der Waals surface area contributed by atoms with Crippen LogP contribution in [0.5, 0.6) is 5.75 Å². The summed E-state index contributed by atoms with van der Waals surface area (Å²) in [4.78, 5) is 0. The van der Waals surface area contributed by atoms with E-state index in [4.69, 9.17) is 10.5 Å². The van der Waals surface area contributed by atoms with E-state index in [0.717, 1.165) is 5.75 Å². The summed E-state index contributed by atoms with van der Waals surface area (Å²) in [5, 5.41) is 0. The van der Waals surface area contributed by atoms with E-state index >= 15 is 0 Å². The summed E-state index contributed by atoms with van der Waals surface area (Å²) in [6.45, 7) is 7.65. The fourth-order valence-electron chi connectivity index (χ4n) is 1.56. The van der Waals surface area contributed by atoms with Crippen LogP contribution < -0.4 is 10.5 Å². The molecule has 86 valence electrons. The van der Waals surface area contributed by atoms with Gasteiger partial charge in [0.1, 0.15) is 12.4 Å². The number of halogens is 1. The van der Waals surface area contributed by atoms with Crippen molar-refractivity contribution in [3.8, 4) is 5.75 Å². The maximum Gasteiger partial charge on any atom is 0.119 e. The number of benzene rings is 1. The Morgan fingerprint density at radius 2 is 2.00 bits per heavy atom. The molecule has 1 rings (SSSR count). The van der Waals surface area contributed by atoms with Crippen molar-refractivity contribution >= 4 is 12.4 Å². The average molecular weight is 230 g/mol. The lowest BCUT2D eigenvalue weighted by atomic mass is 9.98. The summed E-state index contributed by atoms with van der Waals surface area (Å²) in [5.74, 6) is 1.48. The molecule has 0 saturated heterocycles. The molecule has 0 amide bonds. The highest BCUT2D eigenvalue weighted by atomic mass is 35.5. The van der Waals surface area contributed by atoms with Gasteiger partial charge in [-0.05, 0) is 36.1 Å². The number of nitrogens with two attached hydrogens (primary N) is 1. The zero-order valence-corrected chi connectivity index (χ0v) is 10.4. The molecule has 0 aliphatic carbocycles. The Morgan fingerprint density at radius 1 is 1.33 bits per heavy atom. The van der Waals surface area contributed by atoms with Gasteiger partial charge in [-0.3, -0.25) is 0 Å². The van der Waals surface area contributed by atoms with E-state index in [2.05, 4.69) is 32.9 Å². The smallest absolute Gasteiger partial charge is 0.119 e. The molecule has 0 unspecified atom stereocenters. The van der Waals surface area contributed by atoms with Crippen LogP contribution in [0.2, 0.25) is 0 Å². The van der Waals surface area contributed by atoms with E-state index in [1.54, 1.807) is 0 Å². The number of ether oxygens (including phenoxy) is 1. The van der Waals surface area contributed by atoms with E-state index in [-0.39, 0.29) is 12.4 Å². The Hall–Kier alpha value is -0.730. The second-order valence-corrected chi connectivity index (χ2v) is 3.81. The van der Waals surface area contributed by atoms with Crippen LogP contribution in [-0.4, -0.2) is 13.2 Å². The van der Waals surface area contributed by atoms with Gasteiger partial charge in [0.2, 0.25) is 0 Å². The first-order valence-corrected chi connectivity index (χ1v) is 5.08. The van der Waals surface area contributed by atoms with Gasteiger partial charge < -0.3 is 10.5 Å². The average Bonchev–Trinajstić information content (AvgIpc) is 2.14. The number of hydrogen-bond acceptors (Lipinski definition) is 2. The molecule has 0 aliphatic heterocycles. The third kappa shape index (κ3) is 4.10. The van der Waals surface area contributed by atoms with Crippen LogP contribution in [0.25, 0.3) is 0 Å². The maximum atomic E-state index is 5.45. The maximum absolute atomic E-state index is 5.45. The summed E-state index contributed by atoms with van der Waals surface area (Å²) in [5.41, 5.74) is 8.03. The minimum atomic E-state index is 0. The summed E-state index contributed by atoms with van der Waals surface area (Å²) >= 11 is 0. The monoisotopic (exact) mass is 229 g/mol. The van der Waals surface area contributed by atoms with Gasteiger partial charge in [-0.2, -0.15) is 0 Å². The molecule has 0 atom stereocenters. The van der Waals surface area contributed by atoms with Crippen LogP contribution in [0.15, 0.2) is 18.2 Å². The van der Waals surface area contributed by atoms with Gasteiger partial charge in [0.05, 0.1) is 0 Å². The van der Waals surface area contributed by atoms with E-state index in [9.17, 15) is 0 Å². The summed E-state index contributed by atoms with van der Waals surface area (Å²) < 4.78 is 5.45. The second kappa shape index (κ2) is 6.70. The molecule has 0 aromatic heterocycles. The van der Waals surface area contributed by atoms with Crippen molar-refractivity contribution in [2.75, 3.05) is 13.2 Å². The van der Waals surface area contributed by atoms with Crippen molar-refractivity contribution in [1.82, 2.24) is 0 Å². The fourth-order valence-corrected chi connectivity index (χ4v) is 1.56. The molecular formula is C12H20ClNO. The molecule has 1 aromatic carbocycles. The molecule has 15 heavy (non-hydrogen) atoms. The molecule has 0 bridgehead atoms. The van der Waals surface area contributed by atoms with E-state index in [1.165, 1.54) is 11.1 Å². The zero-order chi connectivity index (χ0) is 10.6. The second-order valence-electron chi connectivity index (χ2n) is 3.81. The molecule has 0 heterocycles. The van der Waals surface area contributed by atoms with Crippen LogP contribution in [0.3, 0.4) is 0 Å². The number of aryl methyl sites for hydroxylation is 1. The largest absolute Gasteiger partial charge is 0.492 e. The SMILES string of the molecule is Cc1cc(OCCN)ccc1C(C)C.Cl. The topological polar surface area (TPSA) is 35.2 Å². The first-order valence-electron chi connectivity index (χ1n) is 5.08. The minimum absolute atomic E-state index is 0. The minimum Gasteiger partial charge on any atom is -0.492 e. The summed E-state index contributed by atoms with van der Waals surface area (Å²) in [6.07, 6.45) is 0. The fraction of sp³-hybridized carbons (Fsp3) is 0.500. The third-order valence-electron chi connectivity index (χ3n) is 2.25. The van der Waals surface area contributed by atoms with Crippen molar-refractivity contribution in [3.63, 3.8) is 0 Å². The Kier molecular flexibility index (Phi) is 6.37. The van der Waals surface area contributed by atoms with Crippen molar-refractivity contribution < 1.29 is 4.74 Å². The van der Waals surface area contributed by atoms with Gasteiger partial charge in [0.25, 0.3) is 0 Å². The highest BCUT2D eigenvalue weighted by molar-refractivity contribution is 5.85. The summed E-state index contributed by atoms with van der Waals surface area (Å²) in [6, 6.07) is 6.22. The van der Waals surface area contributed by atoms with Crippen molar-refractivity contribution in [1.29, 1.82) is 0 Å². The lowest BCUT2D eigenvalue weighted by Crippen LogP contribution is -2.10. The van der Waals surface area contributed by atoms with Gasteiger partial charge in [-0.15, -0.1) is 12.4 Å². The first kappa shape index (κ1) is 14.3. The first-order chi connectivity index (χ1) is 6.65. The van der Waals surface area contributed by atoms with Crippen LogP contribution in [-0.2, 0) is 0 Å². The van der Waals surface area contributed by atoms with Gasteiger partial charge >= 0.3 is 0 Å². The van der Waals surface area contributed by atoms with E-state index in [1.807, 2.05) is 6.07 Å². The lowest BCUT2D eigenvalue weighted by molar-refractivity contribution is 0.328. The molecule has 0 saturated carbocycles. The van der Waals surface area contributed by atoms with E-state index in [0.29, 0.717) is 19.1 Å². The van der Waals surface area contributed by atoms with Crippen LogP contribution in [0.4, 0.5) is 0 Å². The Morgan fingerprint density at radius 3 is 2.47 bits per heavy atom. The number of hydrogen-bond donors (Lipinski definition) is 1. The van der Waals surface area contributed by atoms with Crippen LogP contribution in [0.1, 0.15) is 30.9 Å². The van der Waals surface area contributed by atoms with Gasteiger partial charge in [0, 0.05) is 6.54 Å². The Bertz CT molecular complexity index is 300. The predicted octanol–water partition coefficient (Wildman–Crippen LogP) is 2.88. The highest BCUT2D eigenvalue weighted by Crippen LogP contribution is 2.23. The van der Waals surface area contributed by atoms with Gasteiger partial charge in [0.15, 0.2) is 0 Å². The summed E-state index contributed by atoms with van der Waals surface area (Å²) in [7, 11) is 0. The van der Waals surface area contributed by atoms with Crippen LogP contribution in [0, 0.1) is 6.92 Å². The third-order valence-corrected chi connectivity index (χ3v) is 2.25. The zero-order valence-electron chi connectivity index (χ0n) is 9.62. The molecule has 1 aromatic rings. The van der Waals surface area contributed by atoms with Crippen molar-refractivity contribution in [3.05, 3.63) is 29.3 Å². The molecule has 2 N–H and O–H groups in total.